The third kappa shape index (κ3) is 6.47. The van der Waals surface area contributed by atoms with Crippen LogP contribution in [0.1, 0.15) is 25.8 Å². The lowest BCUT2D eigenvalue weighted by atomic mass is 10.1. The number of anilines is 1. The summed E-state index contributed by atoms with van der Waals surface area (Å²) < 4.78 is 31.8. The summed E-state index contributed by atoms with van der Waals surface area (Å²) in [4.78, 5) is 12.6. The van der Waals surface area contributed by atoms with Gasteiger partial charge >= 0.3 is 0 Å². The van der Waals surface area contributed by atoms with Crippen molar-refractivity contribution in [1.82, 2.24) is 5.32 Å². The van der Waals surface area contributed by atoms with E-state index in [0.717, 1.165) is 45.5 Å². The van der Waals surface area contributed by atoms with Gasteiger partial charge < -0.3 is 10.1 Å². The van der Waals surface area contributed by atoms with E-state index in [1.807, 2.05) is 68.4 Å². The standard InChI is InChI=1S/C25H30N2O4S/c1-19(2)31-22-13-6-9-20(17-22)10-8-16-26-25(28)18-27(32(3,29)30)24-15-7-12-21-11-4-5-14-23(21)24/h4-7,9,11-15,17,19H,8,10,16,18H2,1-3H3,(H,26,28). The molecule has 0 atom stereocenters. The second-order valence-corrected chi connectivity index (χ2v) is 9.94. The Labute approximate surface area is 190 Å². The number of rotatable bonds is 10. The lowest BCUT2D eigenvalue weighted by Gasteiger charge is -2.23. The summed E-state index contributed by atoms with van der Waals surface area (Å²) in [6.07, 6.45) is 2.76. The number of aryl methyl sites for hydroxylation is 1. The Kier molecular flexibility index (Phi) is 7.75. The predicted molar refractivity (Wildman–Crippen MR) is 130 cm³/mol. The van der Waals surface area contributed by atoms with Crippen LogP contribution in [0.4, 0.5) is 5.69 Å². The summed E-state index contributed by atoms with van der Waals surface area (Å²) in [5.74, 6) is 0.501. The highest BCUT2D eigenvalue weighted by atomic mass is 32.2. The van der Waals surface area contributed by atoms with Crippen molar-refractivity contribution in [2.24, 2.45) is 0 Å². The Morgan fingerprint density at radius 1 is 1.03 bits per heavy atom. The quantitative estimate of drug-likeness (QED) is 0.467. The fraction of sp³-hybridized carbons (Fsp3) is 0.320. The largest absolute Gasteiger partial charge is 0.491 e. The molecule has 0 saturated carbocycles. The van der Waals surface area contributed by atoms with Crippen LogP contribution in [0.15, 0.2) is 66.7 Å². The number of nitrogens with zero attached hydrogens (tertiary/aromatic N) is 1. The molecule has 3 rings (SSSR count). The number of fused-ring (bicyclic) bond motifs is 1. The van der Waals surface area contributed by atoms with E-state index in [1.165, 1.54) is 0 Å². The molecule has 0 aliphatic heterocycles. The van der Waals surface area contributed by atoms with Crippen LogP contribution in [0.2, 0.25) is 0 Å². The summed E-state index contributed by atoms with van der Waals surface area (Å²) >= 11 is 0. The Hall–Kier alpha value is -3.06. The van der Waals surface area contributed by atoms with Crippen LogP contribution in [0, 0.1) is 0 Å². The SMILES string of the molecule is CC(C)Oc1cccc(CCCNC(=O)CN(c2cccc3ccccc23)S(C)(=O)=O)c1. The molecule has 0 aromatic heterocycles. The fourth-order valence-electron chi connectivity index (χ4n) is 3.56. The number of nitrogens with one attached hydrogen (secondary N) is 1. The number of hydrogen-bond acceptors (Lipinski definition) is 4. The van der Waals surface area contributed by atoms with Crippen molar-refractivity contribution in [3.63, 3.8) is 0 Å². The van der Waals surface area contributed by atoms with Gasteiger partial charge in [0.1, 0.15) is 12.3 Å². The van der Waals surface area contributed by atoms with Crippen LogP contribution in [-0.4, -0.2) is 39.8 Å². The van der Waals surface area contributed by atoms with Gasteiger partial charge in [-0.15, -0.1) is 0 Å². The van der Waals surface area contributed by atoms with Gasteiger partial charge in [-0.3, -0.25) is 9.10 Å². The van der Waals surface area contributed by atoms with Gasteiger partial charge in [-0.25, -0.2) is 8.42 Å². The Morgan fingerprint density at radius 2 is 1.75 bits per heavy atom. The van der Waals surface area contributed by atoms with Gasteiger partial charge in [-0.05, 0) is 55.8 Å². The third-order valence-electron chi connectivity index (χ3n) is 4.96. The maximum Gasteiger partial charge on any atom is 0.240 e. The summed E-state index contributed by atoms with van der Waals surface area (Å²) in [6.45, 7) is 4.17. The van der Waals surface area contributed by atoms with E-state index in [1.54, 1.807) is 12.1 Å². The number of benzene rings is 3. The number of ether oxygens (including phenoxy) is 1. The molecule has 3 aromatic carbocycles. The molecule has 0 bridgehead atoms. The zero-order valence-corrected chi connectivity index (χ0v) is 19.6. The summed E-state index contributed by atoms with van der Waals surface area (Å²) in [7, 11) is -3.63. The van der Waals surface area contributed by atoms with Crippen molar-refractivity contribution in [3.05, 3.63) is 72.3 Å². The maximum atomic E-state index is 12.6. The number of sulfonamides is 1. The van der Waals surface area contributed by atoms with Gasteiger partial charge in [-0.1, -0.05) is 48.5 Å². The Morgan fingerprint density at radius 3 is 2.50 bits per heavy atom. The van der Waals surface area contributed by atoms with Gasteiger partial charge in [0, 0.05) is 11.9 Å². The lowest BCUT2D eigenvalue weighted by Crippen LogP contribution is -2.40. The van der Waals surface area contributed by atoms with Crippen LogP contribution in [0.25, 0.3) is 10.8 Å². The zero-order chi connectivity index (χ0) is 23.1. The molecule has 0 fully saturated rings. The molecule has 0 radical (unpaired) electrons. The lowest BCUT2D eigenvalue weighted by molar-refractivity contribution is -0.119. The molecule has 0 heterocycles. The van der Waals surface area contributed by atoms with E-state index < -0.39 is 10.0 Å². The van der Waals surface area contributed by atoms with Crippen molar-refractivity contribution in [3.8, 4) is 5.75 Å². The predicted octanol–water partition coefficient (Wildman–Crippen LogP) is 4.14. The first-order valence-corrected chi connectivity index (χ1v) is 12.6. The smallest absolute Gasteiger partial charge is 0.240 e. The van der Waals surface area contributed by atoms with Gasteiger partial charge in [0.05, 0.1) is 18.0 Å². The van der Waals surface area contributed by atoms with E-state index >= 15 is 0 Å². The molecule has 7 heteroatoms. The van der Waals surface area contributed by atoms with Crippen molar-refractivity contribution in [1.29, 1.82) is 0 Å². The maximum absolute atomic E-state index is 12.6. The van der Waals surface area contributed by atoms with Gasteiger partial charge in [-0.2, -0.15) is 0 Å². The van der Waals surface area contributed by atoms with E-state index in [4.69, 9.17) is 4.74 Å². The molecule has 0 aliphatic rings. The number of carbonyl (C=O) groups is 1. The van der Waals surface area contributed by atoms with Crippen molar-refractivity contribution >= 4 is 32.4 Å². The molecule has 32 heavy (non-hydrogen) atoms. The topological polar surface area (TPSA) is 75.7 Å². The molecular weight excluding hydrogens is 424 g/mol. The zero-order valence-electron chi connectivity index (χ0n) is 18.7. The van der Waals surface area contributed by atoms with Crippen molar-refractivity contribution in [2.75, 3.05) is 23.7 Å². The summed E-state index contributed by atoms with van der Waals surface area (Å²) in [5.41, 5.74) is 1.63. The second-order valence-electron chi connectivity index (χ2n) is 8.04. The van der Waals surface area contributed by atoms with Gasteiger partial charge in [0.15, 0.2) is 0 Å². The van der Waals surface area contributed by atoms with E-state index in [0.29, 0.717) is 12.2 Å². The Bertz CT molecular complexity index is 1170. The van der Waals surface area contributed by atoms with E-state index in [2.05, 4.69) is 5.32 Å². The summed E-state index contributed by atoms with van der Waals surface area (Å²) in [6, 6.07) is 20.9. The molecule has 3 aromatic rings. The third-order valence-corrected chi connectivity index (χ3v) is 6.08. The first-order valence-electron chi connectivity index (χ1n) is 10.7. The summed E-state index contributed by atoms with van der Waals surface area (Å²) in [5, 5.41) is 4.55. The van der Waals surface area contributed by atoms with Crippen LogP contribution in [0.3, 0.4) is 0 Å². The highest BCUT2D eigenvalue weighted by Crippen LogP contribution is 2.28. The van der Waals surface area contributed by atoms with E-state index in [9.17, 15) is 13.2 Å². The monoisotopic (exact) mass is 454 g/mol. The van der Waals surface area contributed by atoms with Crippen LogP contribution < -0.4 is 14.4 Å². The molecule has 1 N–H and O–H groups in total. The second kappa shape index (κ2) is 10.5. The minimum Gasteiger partial charge on any atom is -0.491 e. The highest BCUT2D eigenvalue weighted by molar-refractivity contribution is 7.92. The minimum atomic E-state index is -3.63. The first kappa shape index (κ1) is 23.6. The number of carbonyl (C=O) groups excluding carboxylic acids is 1. The van der Waals surface area contributed by atoms with Crippen molar-refractivity contribution < 1.29 is 17.9 Å². The van der Waals surface area contributed by atoms with Gasteiger partial charge in [0.25, 0.3) is 0 Å². The Balaban J connectivity index is 1.60. The molecule has 0 saturated heterocycles. The average molecular weight is 455 g/mol. The molecule has 6 nitrogen and oxygen atoms in total. The molecule has 0 unspecified atom stereocenters. The normalized spacial score (nSPS) is 11.5. The molecule has 0 aliphatic carbocycles. The molecule has 0 spiro atoms. The minimum absolute atomic E-state index is 0.115. The first-order chi connectivity index (χ1) is 15.2. The average Bonchev–Trinajstić information content (AvgIpc) is 2.74. The number of hydrogen-bond donors (Lipinski definition) is 1. The number of amides is 1. The van der Waals surface area contributed by atoms with Crippen LogP contribution in [-0.2, 0) is 21.2 Å². The van der Waals surface area contributed by atoms with Crippen LogP contribution in [0.5, 0.6) is 5.75 Å². The fourth-order valence-corrected chi connectivity index (χ4v) is 4.43. The van der Waals surface area contributed by atoms with Gasteiger partial charge in [0.2, 0.25) is 15.9 Å². The molecular formula is C25H30N2O4S. The van der Waals surface area contributed by atoms with E-state index in [-0.39, 0.29) is 18.6 Å². The molecule has 1 amide bonds. The van der Waals surface area contributed by atoms with Crippen LogP contribution >= 0.6 is 0 Å². The molecule has 170 valence electrons. The van der Waals surface area contributed by atoms with Crippen molar-refractivity contribution in [2.45, 2.75) is 32.8 Å². The highest BCUT2D eigenvalue weighted by Gasteiger charge is 2.22.